The number of anilines is 1. The largest absolute Gasteiger partial charge is 0.436 e. The Morgan fingerprint density at radius 2 is 1.68 bits per heavy atom. The first-order valence-corrected chi connectivity index (χ1v) is 6.49. The SMILES string of the molecule is Nc1c(Cl)cc(-c2nc3ccc(Cl)cc3o2)cc1Cl. The maximum absolute atomic E-state index is 5.99. The molecule has 0 unspecified atom stereocenters. The first-order valence-electron chi connectivity index (χ1n) is 5.35. The molecule has 0 aliphatic heterocycles. The van der Waals surface area contributed by atoms with Crippen LogP contribution in [0.25, 0.3) is 22.6 Å². The van der Waals surface area contributed by atoms with Gasteiger partial charge in [0.25, 0.3) is 0 Å². The highest BCUT2D eigenvalue weighted by Crippen LogP contribution is 2.34. The molecule has 96 valence electrons. The van der Waals surface area contributed by atoms with E-state index in [-0.39, 0.29) is 0 Å². The molecule has 0 radical (unpaired) electrons. The van der Waals surface area contributed by atoms with Crippen LogP contribution < -0.4 is 5.73 Å². The third kappa shape index (κ3) is 2.25. The lowest BCUT2D eigenvalue weighted by Crippen LogP contribution is -1.89. The van der Waals surface area contributed by atoms with Gasteiger partial charge in [-0.2, -0.15) is 0 Å². The van der Waals surface area contributed by atoms with E-state index >= 15 is 0 Å². The van der Waals surface area contributed by atoms with Crippen molar-refractivity contribution in [2.45, 2.75) is 0 Å². The lowest BCUT2D eigenvalue weighted by Gasteiger charge is -2.03. The Bertz CT molecular complexity index is 760. The molecule has 6 heteroatoms. The summed E-state index contributed by atoms with van der Waals surface area (Å²) in [5.74, 6) is 0.418. The lowest BCUT2D eigenvalue weighted by atomic mass is 10.2. The highest BCUT2D eigenvalue weighted by Gasteiger charge is 2.12. The van der Waals surface area contributed by atoms with Gasteiger partial charge in [-0.05, 0) is 24.3 Å². The number of rotatable bonds is 1. The van der Waals surface area contributed by atoms with Crippen LogP contribution in [-0.4, -0.2) is 4.98 Å². The average molecular weight is 314 g/mol. The van der Waals surface area contributed by atoms with Gasteiger partial charge in [-0.25, -0.2) is 4.98 Å². The maximum atomic E-state index is 5.99. The van der Waals surface area contributed by atoms with Crippen molar-refractivity contribution in [1.82, 2.24) is 4.98 Å². The molecule has 0 saturated carbocycles. The van der Waals surface area contributed by atoms with Crippen LogP contribution in [-0.2, 0) is 0 Å². The fraction of sp³-hybridized carbons (Fsp3) is 0. The van der Waals surface area contributed by atoms with Crippen LogP contribution in [0.3, 0.4) is 0 Å². The van der Waals surface area contributed by atoms with E-state index in [0.29, 0.717) is 43.3 Å². The summed E-state index contributed by atoms with van der Waals surface area (Å²) < 4.78 is 5.63. The molecule has 1 aromatic heterocycles. The fourth-order valence-corrected chi connectivity index (χ4v) is 2.38. The van der Waals surface area contributed by atoms with Crippen LogP contribution in [0.1, 0.15) is 0 Å². The minimum absolute atomic E-state index is 0.339. The number of nitrogens with two attached hydrogens (primary N) is 1. The van der Waals surface area contributed by atoms with Gasteiger partial charge in [-0.3, -0.25) is 0 Å². The Morgan fingerprint density at radius 3 is 2.37 bits per heavy atom. The molecule has 3 nitrogen and oxygen atoms in total. The molecule has 0 fully saturated rings. The normalized spacial score (nSPS) is 11.1. The number of hydrogen-bond acceptors (Lipinski definition) is 3. The van der Waals surface area contributed by atoms with Crippen LogP contribution in [0.5, 0.6) is 0 Å². The van der Waals surface area contributed by atoms with Crippen molar-refractivity contribution in [2.24, 2.45) is 0 Å². The lowest BCUT2D eigenvalue weighted by molar-refractivity contribution is 0.620. The van der Waals surface area contributed by atoms with Gasteiger partial charge in [0.15, 0.2) is 5.58 Å². The van der Waals surface area contributed by atoms with E-state index in [1.165, 1.54) is 0 Å². The summed E-state index contributed by atoms with van der Waals surface area (Å²) >= 11 is 17.9. The number of hydrogen-bond donors (Lipinski definition) is 1. The number of aromatic nitrogens is 1. The first kappa shape index (κ1) is 12.6. The standard InChI is InChI=1S/C13H7Cl3N2O/c14-7-1-2-10-11(5-7)19-13(18-10)6-3-8(15)12(17)9(16)4-6/h1-5H,17H2. The topological polar surface area (TPSA) is 52.0 Å². The molecule has 0 aliphatic rings. The van der Waals surface area contributed by atoms with Crippen molar-refractivity contribution in [2.75, 3.05) is 5.73 Å². The minimum Gasteiger partial charge on any atom is -0.436 e. The minimum atomic E-state index is 0.339. The third-order valence-corrected chi connectivity index (χ3v) is 3.54. The molecule has 2 N–H and O–H groups in total. The monoisotopic (exact) mass is 312 g/mol. The van der Waals surface area contributed by atoms with Gasteiger partial charge in [0, 0.05) is 16.7 Å². The zero-order valence-electron chi connectivity index (χ0n) is 9.45. The summed E-state index contributed by atoms with van der Waals surface area (Å²) in [4.78, 5) is 4.35. The van der Waals surface area contributed by atoms with Crippen LogP contribution in [0.4, 0.5) is 5.69 Å². The van der Waals surface area contributed by atoms with Gasteiger partial charge < -0.3 is 10.2 Å². The summed E-state index contributed by atoms with van der Waals surface area (Å²) in [6.07, 6.45) is 0. The molecule has 0 amide bonds. The number of halogens is 3. The van der Waals surface area contributed by atoms with Crippen LogP contribution in [0.15, 0.2) is 34.7 Å². The predicted octanol–water partition coefficient (Wildman–Crippen LogP) is 5.04. The summed E-state index contributed by atoms with van der Waals surface area (Å²) in [6.45, 7) is 0. The smallest absolute Gasteiger partial charge is 0.227 e. The molecule has 0 saturated heterocycles. The second-order valence-electron chi connectivity index (χ2n) is 3.98. The first-order chi connectivity index (χ1) is 9.04. The van der Waals surface area contributed by atoms with E-state index < -0.39 is 0 Å². The maximum Gasteiger partial charge on any atom is 0.227 e. The van der Waals surface area contributed by atoms with Gasteiger partial charge in [-0.15, -0.1) is 0 Å². The summed E-state index contributed by atoms with van der Waals surface area (Å²) in [7, 11) is 0. The van der Waals surface area contributed by atoms with Gasteiger partial charge in [0.2, 0.25) is 5.89 Å². The molecule has 19 heavy (non-hydrogen) atoms. The predicted molar refractivity (Wildman–Crippen MR) is 78.9 cm³/mol. The Morgan fingerprint density at radius 1 is 1.00 bits per heavy atom. The molecular weight excluding hydrogens is 307 g/mol. The number of oxazole rings is 1. The van der Waals surface area contributed by atoms with E-state index in [0.717, 1.165) is 0 Å². The zero-order valence-corrected chi connectivity index (χ0v) is 11.7. The van der Waals surface area contributed by atoms with E-state index in [2.05, 4.69) is 4.98 Å². The summed E-state index contributed by atoms with van der Waals surface area (Å²) in [5, 5.41) is 1.31. The molecule has 3 aromatic rings. The Kier molecular flexibility index (Phi) is 3.05. The Labute approximate surface area is 123 Å². The third-order valence-electron chi connectivity index (χ3n) is 2.68. The number of nitrogen functional groups attached to an aromatic ring is 1. The molecule has 0 bridgehead atoms. The number of nitrogens with zero attached hydrogens (tertiary/aromatic N) is 1. The van der Waals surface area contributed by atoms with E-state index in [9.17, 15) is 0 Å². The second-order valence-corrected chi connectivity index (χ2v) is 5.24. The van der Waals surface area contributed by atoms with Crippen LogP contribution in [0, 0.1) is 0 Å². The molecular formula is C13H7Cl3N2O. The van der Waals surface area contributed by atoms with Gasteiger partial charge in [0.1, 0.15) is 5.52 Å². The average Bonchev–Trinajstić information content (AvgIpc) is 2.78. The van der Waals surface area contributed by atoms with E-state index in [4.69, 9.17) is 45.0 Å². The van der Waals surface area contributed by atoms with Gasteiger partial charge in [0.05, 0.1) is 15.7 Å². The summed E-state index contributed by atoms with van der Waals surface area (Å²) in [5.41, 5.74) is 8.01. The Hall–Kier alpha value is -1.42. The Balaban J connectivity index is 2.19. The van der Waals surface area contributed by atoms with E-state index in [1.54, 1.807) is 30.3 Å². The summed E-state index contributed by atoms with van der Waals surface area (Å²) in [6, 6.07) is 8.56. The second kappa shape index (κ2) is 4.60. The van der Waals surface area contributed by atoms with Crippen molar-refractivity contribution in [1.29, 1.82) is 0 Å². The highest BCUT2D eigenvalue weighted by molar-refractivity contribution is 6.39. The molecule has 2 aromatic carbocycles. The van der Waals surface area contributed by atoms with Crippen molar-refractivity contribution in [3.63, 3.8) is 0 Å². The van der Waals surface area contributed by atoms with Gasteiger partial charge in [-0.1, -0.05) is 34.8 Å². The number of benzene rings is 2. The van der Waals surface area contributed by atoms with Crippen molar-refractivity contribution in [3.05, 3.63) is 45.4 Å². The van der Waals surface area contributed by atoms with Crippen molar-refractivity contribution >= 4 is 51.6 Å². The zero-order chi connectivity index (χ0) is 13.6. The fourth-order valence-electron chi connectivity index (χ4n) is 1.73. The van der Waals surface area contributed by atoms with Crippen molar-refractivity contribution < 1.29 is 4.42 Å². The quantitative estimate of drug-likeness (QED) is 0.640. The highest BCUT2D eigenvalue weighted by atomic mass is 35.5. The van der Waals surface area contributed by atoms with Crippen LogP contribution >= 0.6 is 34.8 Å². The molecule has 0 aliphatic carbocycles. The van der Waals surface area contributed by atoms with E-state index in [1.807, 2.05) is 0 Å². The van der Waals surface area contributed by atoms with Crippen LogP contribution in [0.2, 0.25) is 15.1 Å². The molecule has 0 atom stereocenters. The van der Waals surface area contributed by atoms with Crippen molar-refractivity contribution in [3.8, 4) is 11.5 Å². The molecule has 3 rings (SSSR count). The van der Waals surface area contributed by atoms with Gasteiger partial charge >= 0.3 is 0 Å². The molecule has 1 heterocycles. The number of fused-ring (bicyclic) bond motifs is 1. The molecule has 0 spiro atoms.